The van der Waals surface area contributed by atoms with Gasteiger partial charge in [-0.2, -0.15) is 0 Å². The Balaban J connectivity index is 1.23. The smallest absolute Gasteiger partial charge is 0.336 e. The molecule has 7 nitrogen and oxygen atoms in total. The summed E-state index contributed by atoms with van der Waals surface area (Å²) < 4.78 is 16.1. The molecule has 2 aliphatic heterocycles. The number of piperazine rings is 1. The van der Waals surface area contributed by atoms with Gasteiger partial charge in [-0.3, -0.25) is 0 Å². The van der Waals surface area contributed by atoms with Crippen LogP contribution in [-0.4, -0.2) is 38.1 Å². The van der Waals surface area contributed by atoms with E-state index in [1.165, 1.54) is 16.5 Å². The number of hydrogen-bond donors (Lipinski definition) is 3. The molecule has 2 aliphatic rings. The van der Waals surface area contributed by atoms with Crippen LogP contribution in [0.2, 0.25) is 0 Å². The van der Waals surface area contributed by atoms with Gasteiger partial charge in [-0.15, -0.1) is 0 Å². The third-order valence-electron chi connectivity index (χ3n) is 5.81. The topological polar surface area (TPSA) is 77.8 Å². The van der Waals surface area contributed by atoms with Crippen molar-refractivity contribution in [2.45, 2.75) is 13.1 Å². The van der Waals surface area contributed by atoms with Crippen LogP contribution < -0.4 is 24.9 Å². The Morgan fingerprint density at radius 1 is 0.862 bits per heavy atom. The highest BCUT2D eigenvalue weighted by Crippen LogP contribution is 2.32. The molecule has 1 fully saturated rings. The zero-order valence-corrected chi connectivity index (χ0v) is 16.1. The van der Waals surface area contributed by atoms with Crippen molar-refractivity contribution in [2.75, 3.05) is 33.0 Å². The van der Waals surface area contributed by atoms with Gasteiger partial charge in [0.15, 0.2) is 11.5 Å². The SMILES string of the molecule is O=c1cc(C[NH+]2CC[NH+](Cc3ccc4c(c3)OCO4)CC2)c2ccc(O)cc2o1. The van der Waals surface area contributed by atoms with E-state index in [0.29, 0.717) is 12.4 Å². The third kappa shape index (κ3) is 3.79. The lowest BCUT2D eigenvalue weighted by Crippen LogP contribution is -3.27. The number of phenolic OH excluding ortho intramolecular Hbond substituents is 1. The van der Waals surface area contributed by atoms with Crippen LogP contribution in [0.5, 0.6) is 17.2 Å². The Labute approximate surface area is 167 Å². The largest absolute Gasteiger partial charge is 0.508 e. The predicted octanol–water partition coefficient (Wildman–Crippen LogP) is -0.289. The number of nitrogens with one attached hydrogen (secondary N) is 2. The van der Waals surface area contributed by atoms with Crippen molar-refractivity contribution < 1.29 is 28.8 Å². The molecule has 1 aromatic heterocycles. The Hall–Kier alpha value is -3.03. The Morgan fingerprint density at radius 3 is 2.45 bits per heavy atom. The number of benzene rings is 2. The molecule has 150 valence electrons. The lowest BCUT2D eigenvalue weighted by atomic mass is 10.1. The van der Waals surface area contributed by atoms with Crippen LogP contribution in [0.4, 0.5) is 0 Å². The molecule has 0 amide bonds. The van der Waals surface area contributed by atoms with Gasteiger partial charge in [0.05, 0.1) is 0 Å². The molecule has 5 rings (SSSR count). The first-order chi connectivity index (χ1) is 14.1. The van der Waals surface area contributed by atoms with Crippen molar-refractivity contribution in [3.8, 4) is 17.2 Å². The fourth-order valence-corrected chi connectivity index (χ4v) is 4.28. The number of aromatic hydroxyl groups is 1. The van der Waals surface area contributed by atoms with Crippen LogP contribution in [0.3, 0.4) is 0 Å². The molecule has 0 bridgehead atoms. The number of rotatable bonds is 4. The highest BCUT2D eigenvalue weighted by Gasteiger charge is 2.25. The van der Waals surface area contributed by atoms with Crippen molar-refractivity contribution in [2.24, 2.45) is 0 Å². The zero-order valence-electron chi connectivity index (χ0n) is 16.1. The molecule has 3 N–H and O–H groups in total. The summed E-state index contributed by atoms with van der Waals surface area (Å²) in [4.78, 5) is 14.9. The Morgan fingerprint density at radius 2 is 1.62 bits per heavy atom. The molecule has 0 unspecified atom stereocenters. The summed E-state index contributed by atoms with van der Waals surface area (Å²) in [5.41, 5.74) is 2.31. The molecule has 0 atom stereocenters. The standard InChI is InChI=1S/C22H22N2O5/c25-17-2-3-18-16(10-22(26)29-20(18)11-17)13-24-7-5-23(6-8-24)12-15-1-4-19-21(9-15)28-14-27-19/h1-4,9-11,25H,5-8,12-14H2/p+2. The van der Waals surface area contributed by atoms with E-state index >= 15 is 0 Å². The minimum absolute atomic E-state index is 0.103. The molecule has 1 saturated heterocycles. The number of hydrogen-bond acceptors (Lipinski definition) is 5. The molecule has 2 aromatic carbocycles. The quantitative estimate of drug-likeness (QED) is 0.529. The average molecular weight is 396 g/mol. The second-order valence-electron chi connectivity index (χ2n) is 7.81. The predicted molar refractivity (Wildman–Crippen MR) is 106 cm³/mol. The first-order valence-electron chi connectivity index (χ1n) is 9.95. The minimum atomic E-state index is -0.371. The van der Waals surface area contributed by atoms with Gasteiger partial charge in [0, 0.05) is 28.6 Å². The highest BCUT2D eigenvalue weighted by atomic mass is 16.7. The second kappa shape index (κ2) is 7.42. The second-order valence-corrected chi connectivity index (χ2v) is 7.81. The molecule has 29 heavy (non-hydrogen) atoms. The van der Waals surface area contributed by atoms with E-state index in [9.17, 15) is 9.90 Å². The number of fused-ring (bicyclic) bond motifs is 2. The summed E-state index contributed by atoms with van der Waals surface area (Å²) in [6, 6.07) is 12.7. The van der Waals surface area contributed by atoms with Crippen molar-refractivity contribution in [1.29, 1.82) is 0 Å². The third-order valence-corrected chi connectivity index (χ3v) is 5.81. The van der Waals surface area contributed by atoms with Gasteiger partial charge in [0.2, 0.25) is 6.79 Å². The van der Waals surface area contributed by atoms with Crippen molar-refractivity contribution in [3.05, 3.63) is 64.0 Å². The maximum absolute atomic E-state index is 11.9. The molecule has 0 spiro atoms. The Kier molecular flexibility index (Phi) is 4.61. The van der Waals surface area contributed by atoms with Crippen LogP contribution >= 0.6 is 0 Å². The van der Waals surface area contributed by atoms with Crippen LogP contribution in [0.25, 0.3) is 11.0 Å². The van der Waals surface area contributed by atoms with Gasteiger partial charge >= 0.3 is 5.63 Å². The number of quaternary nitrogens is 2. The van der Waals surface area contributed by atoms with Gasteiger partial charge in [-0.1, -0.05) is 0 Å². The maximum Gasteiger partial charge on any atom is 0.336 e. The van der Waals surface area contributed by atoms with Gasteiger partial charge in [0.1, 0.15) is 50.6 Å². The normalized spacial score (nSPS) is 20.8. The molecule has 0 saturated carbocycles. The van der Waals surface area contributed by atoms with E-state index in [1.807, 2.05) is 12.1 Å². The summed E-state index contributed by atoms with van der Waals surface area (Å²) >= 11 is 0. The van der Waals surface area contributed by atoms with Crippen LogP contribution in [0.1, 0.15) is 11.1 Å². The van der Waals surface area contributed by atoms with Crippen molar-refractivity contribution in [1.82, 2.24) is 0 Å². The number of phenols is 1. The lowest BCUT2D eigenvalue weighted by Gasteiger charge is -2.30. The molecule has 0 radical (unpaired) electrons. The van der Waals surface area contributed by atoms with Crippen LogP contribution in [-0.2, 0) is 13.1 Å². The fraction of sp³-hybridized carbons (Fsp3) is 0.318. The minimum Gasteiger partial charge on any atom is -0.508 e. The molecular formula is C22H24N2O5+2. The van der Waals surface area contributed by atoms with E-state index in [1.54, 1.807) is 17.0 Å². The first-order valence-corrected chi connectivity index (χ1v) is 9.95. The summed E-state index contributed by atoms with van der Waals surface area (Å²) in [6.45, 7) is 6.29. The summed E-state index contributed by atoms with van der Waals surface area (Å²) in [5.74, 6) is 1.77. The van der Waals surface area contributed by atoms with E-state index in [4.69, 9.17) is 13.9 Å². The molecular weight excluding hydrogens is 372 g/mol. The van der Waals surface area contributed by atoms with Crippen LogP contribution in [0, 0.1) is 0 Å². The highest BCUT2D eigenvalue weighted by molar-refractivity contribution is 5.81. The zero-order chi connectivity index (χ0) is 19.8. The van der Waals surface area contributed by atoms with Crippen LogP contribution in [0.15, 0.2) is 51.7 Å². The van der Waals surface area contributed by atoms with Gasteiger partial charge < -0.3 is 28.8 Å². The molecule has 7 heteroatoms. The maximum atomic E-state index is 11.9. The summed E-state index contributed by atoms with van der Waals surface area (Å²) in [5, 5.41) is 10.5. The first kappa shape index (κ1) is 18.0. The number of ether oxygens (including phenoxy) is 2. The lowest BCUT2D eigenvalue weighted by molar-refractivity contribution is -1.02. The summed E-state index contributed by atoms with van der Waals surface area (Å²) in [7, 11) is 0. The van der Waals surface area contributed by atoms with Crippen molar-refractivity contribution in [3.63, 3.8) is 0 Å². The van der Waals surface area contributed by atoms with Gasteiger partial charge in [-0.25, -0.2) is 4.79 Å². The monoisotopic (exact) mass is 396 g/mol. The molecule has 3 aromatic rings. The van der Waals surface area contributed by atoms with Gasteiger partial charge in [-0.05, 0) is 30.3 Å². The van der Waals surface area contributed by atoms with Crippen molar-refractivity contribution >= 4 is 11.0 Å². The molecule has 3 heterocycles. The van der Waals surface area contributed by atoms with E-state index in [2.05, 4.69) is 12.1 Å². The van der Waals surface area contributed by atoms with Gasteiger partial charge in [0.25, 0.3) is 0 Å². The fourth-order valence-electron chi connectivity index (χ4n) is 4.28. The van der Waals surface area contributed by atoms with E-state index < -0.39 is 0 Å². The average Bonchev–Trinajstić information content (AvgIpc) is 3.17. The van der Waals surface area contributed by atoms with E-state index in [0.717, 1.165) is 61.7 Å². The Bertz CT molecular complexity index is 1100. The molecule has 0 aliphatic carbocycles. The van der Waals surface area contributed by atoms with E-state index in [-0.39, 0.29) is 11.4 Å². The summed E-state index contributed by atoms with van der Waals surface area (Å²) in [6.07, 6.45) is 0.